The number of rotatable bonds is 1. The molecule has 1 aliphatic heterocycles. The van der Waals surface area contributed by atoms with Crippen LogP contribution in [0, 0.1) is 5.41 Å². The molecule has 2 atom stereocenters. The lowest BCUT2D eigenvalue weighted by Crippen LogP contribution is -2.25. The van der Waals surface area contributed by atoms with Crippen molar-refractivity contribution in [2.75, 3.05) is 6.61 Å². The summed E-state index contributed by atoms with van der Waals surface area (Å²) < 4.78 is 5.12. The van der Waals surface area contributed by atoms with E-state index in [-0.39, 0.29) is 24.1 Å². The van der Waals surface area contributed by atoms with Gasteiger partial charge in [0, 0.05) is 11.8 Å². The SMILES string of the molecule is C[C@@]12CC(=O)O[C@H]1CC=C2CO. The van der Waals surface area contributed by atoms with E-state index in [2.05, 4.69) is 0 Å². The van der Waals surface area contributed by atoms with Gasteiger partial charge in [-0.1, -0.05) is 13.0 Å². The van der Waals surface area contributed by atoms with Gasteiger partial charge in [-0.3, -0.25) is 4.79 Å². The number of ether oxygens (including phenoxy) is 1. The fraction of sp³-hybridized carbons (Fsp3) is 0.667. The van der Waals surface area contributed by atoms with Crippen LogP contribution < -0.4 is 0 Å². The van der Waals surface area contributed by atoms with Crippen LogP contribution in [0.25, 0.3) is 0 Å². The maximum atomic E-state index is 11.0. The Bertz CT molecular complexity index is 256. The summed E-state index contributed by atoms with van der Waals surface area (Å²) in [5.41, 5.74) is 0.740. The van der Waals surface area contributed by atoms with Crippen LogP contribution in [-0.2, 0) is 9.53 Å². The lowest BCUT2D eigenvalue weighted by Gasteiger charge is -2.23. The Morgan fingerprint density at radius 1 is 1.83 bits per heavy atom. The first-order chi connectivity index (χ1) is 5.66. The standard InChI is InChI=1S/C9H12O3/c1-9-4-8(11)12-7(9)3-2-6(9)5-10/h2,7,10H,3-5H2,1H3/t7-,9-/m0/s1. The Labute approximate surface area is 71.0 Å². The average molecular weight is 168 g/mol. The molecule has 0 aromatic heterocycles. The minimum Gasteiger partial charge on any atom is -0.461 e. The van der Waals surface area contributed by atoms with Crippen molar-refractivity contribution < 1.29 is 14.6 Å². The third-order valence-electron chi connectivity index (χ3n) is 2.98. The molecule has 0 aromatic rings. The van der Waals surface area contributed by atoms with E-state index in [0.29, 0.717) is 6.42 Å². The van der Waals surface area contributed by atoms with Gasteiger partial charge < -0.3 is 9.84 Å². The van der Waals surface area contributed by atoms with Crippen molar-refractivity contribution in [3.05, 3.63) is 11.6 Å². The van der Waals surface area contributed by atoms with E-state index in [9.17, 15) is 4.79 Å². The van der Waals surface area contributed by atoms with Gasteiger partial charge in [0.05, 0.1) is 13.0 Å². The first-order valence-electron chi connectivity index (χ1n) is 4.16. The second kappa shape index (κ2) is 2.33. The third kappa shape index (κ3) is 0.829. The Morgan fingerprint density at radius 3 is 3.25 bits per heavy atom. The van der Waals surface area contributed by atoms with E-state index in [1.54, 1.807) is 0 Å². The van der Waals surface area contributed by atoms with Gasteiger partial charge in [0.1, 0.15) is 6.10 Å². The smallest absolute Gasteiger partial charge is 0.307 e. The summed E-state index contributed by atoms with van der Waals surface area (Å²) in [6.45, 7) is 2.03. The number of fused-ring (bicyclic) bond motifs is 1. The van der Waals surface area contributed by atoms with Gasteiger partial charge in [-0.25, -0.2) is 0 Å². The molecule has 0 saturated carbocycles. The maximum absolute atomic E-state index is 11.0. The number of carbonyl (C=O) groups excluding carboxylic acids is 1. The molecule has 0 amide bonds. The highest BCUT2D eigenvalue weighted by Gasteiger charge is 2.50. The number of aliphatic hydroxyl groups excluding tert-OH is 1. The van der Waals surface area contributed by atoms with Gasteiger partial charge >= 0.3 is 5.97 Å². The first kappa shape index (κ1) is 7.80. The minimum absolute atomic E-state index is 0.0212. The molecule has 12 heavy (non-hydrogen) atoms. The second-order valence-corrected chi connectivity index (χ2v) is 3.70. The lowest BCUT2D eigenvalue weighted by atomic mass is 9.80. The predicted molar refractivity (Wildman–Crippen MR) is 42.4 cm³/mol. The molecular weight excluding hydrogens is 156 g/mol. The Kier molecular flexibility index (Phi) is 1.51. The van der Waals surface area contributed by atoms with E-state index in [1.165, 1.54) is 0 Å². The van der Waals surface area contributed by atoms with E-state index in [4.69, 9.17) is 9.84 Å². The van der Waals surface area contributed by atoms with Crippen LogP contribution in [0.5, 0.6) is 0 Å². The van der Waals surface area contributed by atoms with Crippen LogP contribution in [0.3, 0.4) is 0 Å². The van der Waals surface area contributed by atoms with Gasteiger partial charge in [-0.2, -0.15) is 0 Å². The molecule has 1 N–H and O–H groups in total. The van der Waals surface area contributed by atoms with Gasteiger partial charge in [-0.15, -0.1) is 0 Å². The Morgan fingerprint density at radius 2 is 2.58 bits per heavy atom. The summed E-state index contributed by atoms with van der Waals surface area (Å²) in [5.74, 6) is -0.137. The lowest BCUT2D eigenvalue weighted by molar-refractivity contribution is -0.141. The highest BCUT2D eigenvalue weighted by atomic mass is 16.6. The number of hydrogen-bond donors (Lipinski definition) is 1. The van der Waals surface area contributed by atoms with Crippen LogP contribution in [-0.4, -0.2) is 23.8 Å². The molecular formula is C9H12O3. The molecule has 1 fully saturated rings. The van der Waals surface area contributed by atoms with Crippen LogP contribution in [0.4, 0.5) is 0 Å². The summed E-state index contributed by atoms with van der Waals surface area (Å²) in [4.78, 5) is 11.0. The molecule has 1 aliphatic carbocycles. The molecule has 0 spiro atoms. The molecule has 66 valence electrons. The van der Waals surface area contributed by atoms with E-state index in [0.717, 1.165) is 12.0 Å². The van der Waals surface area contributed by atoms with Crippen molar-refractivity contribution in [3.63, 3.8) is 0 Å². The molecule has 2 aliphatic rings. The first-order valence-corrected chi connectivity index (χ1v) is 4.16. The predicted octanol–water partition coefficient (Wildman–Crippen LogP) is 0.631. The molecule has 1 heterocycles. The highest BCUT2D eigenvalue weighted by Crippen LogP contribution is 2.47. The van der Waals surface area contributed by atoms with Crippen molar-refractivity contribution in [3.8, 4) is 0 Å². The van der Waals surface area contributed by atoms with Crippen molar-refractivity contribution in [2.24, 2.45) is 5.41 Å². The van der Waals surface area contributed by atoms with Crippen molar-refractivity contribution in [1.29, 1.82) is 0 Å². The minimum atomic E-state index is -0.216. The second-order valence-electron chi connectivity index (χ2n) is 3.70. The molecule has 2 rings (SSSR count). The van der Waals surface area contributed by atoms with E-state index >= 15 is 0 Å². The zero-order valence-corrected chi connectivity index (χ0v) is 7.04. The summed E-state index contributed by atoms with van der Waals surface area (Å²) in [7, 11) is 0. The molecule has 0 bridgehead atoms. The Balaban J connectivity index is 2.29. The number of esters is 1. The van der Waals surface area contributed by atoms with Crippen molar-refractivity contribution >= 4 is 5.97 Å². The number of carbonyl (C=O) groups is 1. The summed E-state index contributed by atoms with van der Waals surface area (Å²) in [5, 5.41) is 9.03. The largest absolute Gasteiger partial charge is 0.461 e. The zero-order chi connectivity index (χ0) is 8.77. The fourth-order valence-electron chi connectivity index (χ4n) is 2.10. The monoisotopic (exact) mass is 168 g/mol. The summed E-state index contributed by atoms with van der Waals surface area (Å²) >= 11 is 0. The van der Waals surface area contributed by atoms with Crippen LogP contribution >= 0.6 is 0 Å². The third-order valence-corrected chi connectivity index (χ3v) is 2.98. The van der Waals surface area contributed by atoms with Gasteiger partial charge in [-0.05, 0) is 5.57 Å². The van der Waals surface area contributed by atoms with Crippen molar-refractivity contribution in [1.82, 2.24) is 0 Å². The number of aliphatic hydroxyl groups is 1. The van der Waals surface area contributed by atoms with Crippen LogP contribution in [0.2, 0.25) is 0 Å². The normalized spacial score (nSPS) is 39.3. The fourth-order valence-corrected chi connectivity index (χ4v) is 2.10. The van der Waals surface area contributed by atoms with Gasteiger partial charge in [0.25, 0.3) is 0 Å². The molecule has 0 unspecified atom stereocenters. The summed E-state index contributed by atoms with van der Waals surface area (Å²) in [6, 6.07) is 0. The molecule has 3 heteroatoms. The van der Waals surface area contributed by atoms with Crippen molar-refractivity contribution in [2.45, 2.75) is 25.9 Å². The van der Waals surface area contributed by atoms with Crippen LogP contribution in [0.15, 0.2) is 11.6 Å². The van der Waals surface area contributed by atoms with E-state index in [1.807, 2.05) is 13.0 Å². The average Bonchev–Trinajstić information content (AvgIpc) is 2.41. The van der Waals surface area contributed by atoms with E-state index < -0.39 is 0 Å². The number of hydrogen-bond acceptors (Lipinski definition) is 3. The quantitative estimate of drug-likeness (QED) is 0.461. The Hall–Kier alpha value is -0.830. The molecule has 3 nitrogen and oxygen atoms in total. The maximum Gasteiger partial charge on any atom is 0.307 e. The van der Waals surface area contributed by atoms with Gasteiger partial charge in [0.2, 0.25) is 0 Å². The van der Waals surface area contributed by atoms with Crippen LogP contribution in [0.1, 0.15) is 19.8 Å². The molecule has 0 radical (unpaired) electrons. The highest BCUT2D eigenvalue weighted by molar-refractivity contribution is 5.74. The summed E-state index contributed by atoms with van der Waals surface area (Å²) in [6.07, 6.45) is 3.14. The zero-order valence-electron chi connectivity index (χ0n) is 7.04. The molecule has 0 aromatic carbocycles. The molecule has 1 saturated heterocycles. The topological polar surface area (TPSA) is 46.5 Å². The van der Waals surface area contributed by atoms with Gasteiger partial charge in [0.15, 0.2) is 0 Å².